The van der Waals surface area contributed by atoms with E-state index in [1.54, 1.807) is 43.4 Å². The van der Waals surface area contributed by atoms with Gasteiger partial charge < -0.3 is 9.64 Å². The first-order chi connectivity index (χ1) is 11.0. The molecule has 23 heavy (non-hydrogen) atoms. The first-order valence-corrected chi connectivity index (χ1v) is 7.78. The van der Waals surface area contributed by atoms with Crippen LogP contribution in [0.25, 0.3) is 0 Å². The molecule has 0 saturated heterocycles. The molecule has 0 aliphatic heterocycles. The van der Waals surface area contributed by atoms with Crippen molar-refractivity contribution in [2.75, 3.05) is 20.2 Å². The van der Waals surface area contributed by atoms with E-state index in [-0.39, 0.29) is 24.7 Å². The van der Waals surface area contributed by atoms with Crippen LogP contribution in [0.3, 0.4) is 0 Å². The molecule has 2 aromatic carbocycles. The fourth-order valence-electron chi connectivity index (χ4n) is 1.94. The normalized spacial score (nSPS) is 10.4. The molecule has 6 heteroatoms. The van der Waals surface area contributed by atoms with Crippen molar-refractivity contribution < 1.29 is 13.9 Å². The monoisotopic (exact) mass is 355 g/mol. The molecule has 3 nitrogen and oxygen atoms in total. The Morgan fingerprint density at radius 1 is 1.17 bits per heavy atom. The third-order valence-electron chi connectivity index (χ3n) is 3.29. The van der Waals surface area contributed by atoms with Crippen molar-refractivity contribution in [3.63, 3.8) is 0 Å². The smallest absolute Gasteiger partial charge is 0.226 e. The Morgan fingerprint density at radius 3 is 2.61 bits per heavy atom. The van der Waals surface area contributed by atoms with Gasteiger partial charge in [-0.3, -0.25) is 4.79 Å². The van der Waals surface area contributed by atoms with Gasteiger partial charge in [-0.25, -0.2) is 4.39 Å². The predicted octanol–water partition coefficient (Wildman–Crippen LogP) is 4.21. The molecule has 0 unspecified atom stereocenters. The number of hydrogen-bond acceptors (Lipinski definition) is 2. The number of hydrogen-bond donors (Lipinski definition) is 0. The third kappa shape index (κ3) is 5.12. The van der Waals surface area contributed by atoms with E-state index in [0.717, 1.165) is 5.56 Å². The molecular weight excluding hydrogens is 340 g/mol. The lowest BCUT2D eigenvalue weighted by atomic mass is 10.1. The summed E-state index contributed by atoms with van der Waals surface area (Å²) in [6, 6.07) is 11.3. The summed E-state index contributed by atoms with van der Waals surface area (Å²) in [6.45, 7) is 0.568. The zero-order chi connectivity index (χ0) is 16.8. The van der Waals surface area contributed by atoms with Gasteiger partial charge in [0.2, 0.25) is 5.91 Å². The highest BCUT2D eigenvalue weighted by molar-refractivity contribution is 6.42. The van der Waals surface area contributed by atoms with Crippen molar-refractivity contribution in [3.8, 4) is 5.75 Å². The number of rotatable bonds is 6. The van der Waals surface area contributed by atoms with Crippen LogP contribution in [-0.2, 0) is 11.2 Å². The molecule has 0 atom stereocenters. The summed E-state index contributed by atoms with van der Waals surface area (Å²) in [6.07, 6.45) is 0.215. The zero-order valence-electron chi connectivity index (χ0n) is 12.6. The van der Waals surface area contributed by atoms with Crippen LogP contribution >= 0.6 is 23.2 Å². The molecule has 2 aromatic rings. The van der Waals surface area contributed by atoms with E-state index in [1.807, 2.05) is 0 Å². The average Bonchev–Trinajstić information content (AvgIpc) is 2.52. The standard InChI is InChI=1S/C17H16Cl2FNO2/c1-21(8-9-23-16-5-3-2-4-15(16)20)17(22)11-12-6-7-13(18)14(19)10-12/h2-7,10H,8-9,11H2,1H3. The van der Waals surface area contributed by atoms with E-state index < -0.39 is 5.82 Å². The molecule has 0 fully saturated rings. The van der Waals surface area contributed by atoms with Gasteiger partial charge in [0, 0.05) is 7.05 Å². The number of ether oxygens (including phenoxy) is 1. The zero-order valence-corrected chi connectivity index (χ0v) is 14.1. The highest BCUT2D eigenvalue weighted by Crippen LogP contribution is 2.23. The summed E-state index contributed by atoms with van der Waals surface area (Å²) in [7, 11) is 1.67. The Kier molecular flexibility index (Phi) is 6.25. The summed E-state index contributed by atoms with van der Waals surface area (Å²) in [5.74, 6) is -0.323. The number of carbonyl (C=O) groups is 1. The van der Waals surface area contributed by atoms with Gasteiger partial charge in [-0.05, 0) is 29.8 Å². The van der Waals surface area contributed by atoms with E-state index in [4.69, 9.17) is 27.9 Å². The van der Waals surface area contributed by atoms with Crippen LogP contribution in [0.4, 0.5) is 4.39 Å². The average molecular weight is 356 g/mol. The molecule has 0 heterocycles. The van der Waals surface area contributed by atoms with Crippen LogP contribution in [0, 0.1) is 5.82 Å². The Morgan fingerprint density at radius 2 is 1.91 bits per heavy atom. The number of para-hydroxylation sites is 1. The Bertz CT molecular complexity index is 694. The fraction of sp³-hybridized carbons (Fsp3) is 0.235. The van der Waals surface area contributed by atoms with E-state index in [1.165, 1.54) is 11.0 Å². The highest BCUT2D eigenvalue weighted by Gasteiger charge is 2.11. The van der Waals surface area contributed by atoms with Gasteiger partial charge in [0.1, 0.15) is 6.61 Å². The maximum atomic E-state index is 13.4. The van der Waals surface area contributed by atoms with E-state index >= 15 is 0 Å². The van der Waals surface area contributed by atoms with Crippen molar-refractivity contribution in [2.45, 2.75) is 6.42 Å². The Hall–Kier alpha value is -1.78. The summed E-state index contributed by atoms with van der Waals surface area (Å²) in [5.41, 5.74) is 0.784. The van der Waals surface area contributed by atoms with Crippen LogP contribution in [0.2, 0.25) is 10.0 Å². The number of nitrogens with zero attached hydrogens (tertiary/aromatic N) is 1. The molecule has 0 spiro atoms. The highest BCUT2D eigenvalue weighted by atomic mass is 35.5. The van der Waals surface area contributed by atoms with Crippen molar-refractivity contribution in [2.24, 2.45) is 0 Å². The van der Waals surface area contributed by atoms with Gasteiger partial charge in [0.25, 0.3) is 0 Å². The molecule has 0 N–H and O–H groups in total. The molecule has 0 aliphatic carbocycles. The number of amides is 1. The van der Waals surface area contributed by atoms with Gasteiger partial charge in [-0.15, -0.1) is 0 Å². The summed E-state index contributed by atoms with van der Waals surface area (Å²) in [5, 5.41) is 0.872. The summed E-state index contributed by atoms with van der Waals surface area (Å²) >= 11 is 11.8. The molecule has 0 saturated carbocycles. The minimum Gasteiger partial charge on any atom is -0.489 e. The van der Waals surface area contributed by atoms with E-state index in [0.29, 0.717) is 16.6 Å². The second kappa shape index (κ2) is 8.18. The predicted molar refractivity (Wildman–Crippen MR) is 89.7 cm³/mol. The van der Waals surface area contributed by atoms with Gasteiger partial charge >= 0.3 is 0 Å². The lowest BCUT2D eigenvalue weighted by Crippen LogP contribution is -2.32. The van der Waals surface area contributed by atoms with Crippen LogP contribution in [0.15, 0.2) is 42.5 Å². The Labute approximate surface area is 144 Å². The third-order valence-corrected chi connectivity index (χ3v) is 4.03. The molecule has 2 rings (SSSR count). The number of halogens is 3. The van der Waals surface area contributed by atoms with Gasteiger partial charge in [-0.2, -0.15) is 0 Å². The molecule has 1 amide bonds. The Balaban J connectivity index is 1.83. The SMILES string of the molecule is CN(CCOc1ccccc1F)C(=O)Cc1ccc(Cl)c(Cl)c1. The maximum absolute atomic E-state index is 13.4. The minimum absolute atomic E-state index is 0.0828. The molecule has 0 bridgehead atoms. The summed E-state index contributed by atoms with van der Waals surface area (Å²) in [4.78, 5) is 13.7. The van der Waals surface area contributed by atoms with E-state index in [9.17, 15) is 9.18 Å². The summed E-state index contributed by atoms with van der Waals surface area (Å²) < 4.78 is 18.7. The lowest BCUT2D eigenvalue weighted by Gasteiger charge is -2.18. The van der Waals surface area contributed by atoms with Gasteiger partial charge in [-0.1, -0.05) is 41.4 Å². The molecular formula is C17H16Cl2FNO2. The van der Waals surface area contributed by atoms with Gasteiger partial charge in [0.05, 0.1) is 23.0 Å². The second-order valence-corrected chi connectivity index (χ2v) is 5.83. The first-order valence-electron chi connectivity index (χ1n) is 7.02. The van der Waals surface area contributed by atoms with E-state index in [2.05, 4.69) is 0 Å². The number of benzene rings is 2. The minimum atomic E-state index is -0.419. The van der Waals surface area contributed by atoms with Crippen LogP contribution < -0.4 is 4.74 Å². The van der Waals surface area contributed by atoms with Crippen LogP contribution in [-0.4, -0.2) is 31.0 Å². The number of carbonyl (C=O) groups excluding carboxylic acids is 1. The van der Waals surface area contributed by atoms with Gasteiger partial charge in [0.15, 0.2) is 11.6 Å². The molecule has 0 aliphatic rings. The maximum Gasteiger partial charge on any atom is 0.226 e. The number of likely N-dealkylation sites (N-methyl/N-ethyl adjacent to an activating group) is 1. The second-order valence-electron chi connectivity index (χ2n) is 5.02. The fourth-order valence-corrected chi connectivity index (χ4v) is 2.26. The largest absolute Gasteiger partial charge is 0.489 e. The first kappa shape index (κ1) is 17.6. The van der Waals surface area contributed by atoms with Crippen molar-refractivity contribution in [1.82, 2.24) is 4.90 Å². The van der Waals surface area contributed by atoms with Crippen molar-refractivity contribution in [3.05, 3.63) is 63.9 Å². The quantitative estimate of drug-likeness (QED) is 0.776. The molecule has 0 radical (unpaired) electrons. The molecule has 0 aromatic heterocycles. The lowest BCUT2D eigenvalue weighted by molar-refractivity contribution is -0.129. The van der Waals surface area contributed by atoms with Crippen molar-refractivity contribution in [1.29, 1.82) is 0 Å². The molecule has 122 valence electrons. The van der Waals surface area contributed by atoms with Crippen LogP contribution in [0.1, 0.15) is 5.56 Å². The van der Waals surface area contributed by atoms with Crippen molar-refractivity contribution >= 4 is 29.1 Å². The van der Waals surface area contributed by atoms with Crippen LogP contribution in [0.5, 0.6) is 5.75 Å². The topological polar surface area (TPSA) is 29.5 Å².